The number of alkyl halides is 1. The minimum absolute atomic E-state index is 0.0475. The van der Waals surface area contributed by atoms with Gasteiger partial charge in [-0.1, -0.05) is 0 Å². The van der Waals surface area contributed by atoms with E-state index in [-0.39, 0.29) is 12.2 Å². The number of benzene rings is 1. The van der Waals surface area contributed by atoms with Gasteiger partial charge in [0.05, 0.1) is 4.92 Å². The fraction of sp³-hybridized carbons (Fsp3) is 0.400. The predicted molar refractivity (Wildman–Crippen MR) is 56.9 cm³/mol. The number of hydrogen-bond donors (Lipinski definition) is 1. The minimum atomic E-state index is -0.945. The molecule has 0 saturated heterocycles. The molecule has 1 unspecified atom stereocenters. The van der Waals surface area contributed by atoms with Gasteiger partial charge < -0.3 is 5.32 Å². The lowest BCUT2D eigenvalue weighted by atomic mass is 10.2. The first kappa shape index (κ1) is 11.4. The van der Waals surface area contributed by atoms with Crippen molar-refractivity contribution < 1.29 is 9.31 Å². The standard InChI is InChI=1S/C10H13FN2O2/c1-7-5-9(13(14)15)3-4-10(7)12-6-8(2)11/h3-5,8,12H,6H2,1-2H3. The highest BCUT2D eigenvalue weighted by molar-refractivity contribution is 5.55. The van der Waals surface area contributed by atoms with Crippen LogP contribution in [0, 0.1) is 17.0 Å². The normalized spacial score (nSPS) is 12.2. The Hall–Kier alpha value is -1.65. The number of nitro benzene ring substituents is 1. The largest absolute Gasteiger partial charge is 0.382 e. The molecule has 1 rings (SSSR count). The summed E-state index contributed by atoms with van der Waals surface area (Å²) in [5, 5.41) is 13.3. The topological polar surface area (TPSA) is 55.2 Å². The van der Waals surface area contributed by atoms with Crippen LogP contribution in [0.1, 0.15) is 12.5 Å². The summed E-state index contributed by atoms with van der Waals surface area (Å²) in [5.41, 5.74) is 1.52. The van der Waals surface area contributed by atoms with E-state index in [1.807, 2.05) is 0 Å². The zero-order valence-corrected chi connectivity index (χ0v) is 8.66. The van der Waals surface area contributed by atoms with E-state index in [0.717, 1.165) is 11.3 Å². The molecule has 0 aliphatic carbocycles. The highest BCUT2D eigenvalue weighted by Crippen LogP contribution is 2.21. The summed E-state index contributed by atoms with van der Waals surface area (Å²) >= 11 is 0. The number of nitrogens with one attached hydrogen (secondary N) is 1. The maximum Gasteiger partial charge on any atom is 0.269 e. The molecule has 0 amide bonds. The monoisotopic (exact) mass is 212 g/mol. The summed E-state index contributed by atoms with van der Waals surface area (Å²) in [7, 11) is 0. The van der Waals surface area contributed by atoms with Crippen LogP contribution in [0.25, 0.3) is 0 Å². The average Bonchev–Trinajstić information content (AvgIpc) is 2.15. The van der Waals surface area contributed by atoms with Crippen molar-refractivity contribution in [2.75, 3.05) is 11.9 Å². The quantitative estimate of drug-likeness (QED) is 0.616. The van der Waals surface area contributed by atoms with Crippen LogP contribution in [0.5, 0.6) is 0 Å². The van der Waals surface area contributed by atoms with E-state index in [1.54, 1.807) is 13.0 Å². The van der Waals surface area contributed by atoms with Crippen LogP contribution >= 0.6 is 0 Å². The average molecular weight is 212 g/mol. The van der Waals surface area contributed by atoms with E-state index in [4.69, 9.17) is 0 Å². The highest BCUT2D eigenvalue weighted by Gasteiger charge is 2.08. The van der Waals surface area contributed by atoms with E-state index < -0.39 is 11.1 Å². The number of aryl methyl sites for hydroxylation is 1. The zero-order valence-electron chi connectivity index (χ0n) is 8.66. The first-order chi connectivity index (χ1) is 7.00. The van der Waals surface area contributed by atoms with Crippen LogP contribution in [0.2, 0.25) is 0 Å². The molecule has 0 radical (unpaired) electrons. The molecule has 1 aromatic carbocycles. The molecule has 0 bridgehead atoms. The lowest BCUT2D eigenvalue weighted by Gasteiger charge is -2.09. The molecule has 1 aromatic rings. The van der Waals surface area contributed by atoms with Crippen molar-refractivity contribution >= 4 is 11.4 Å². The molecule has 0 aliphatic rings. The van der Waals surface area contributed by atoms with Crippen molar-refractivity contribution in [1.29, 1.82) is 0 Å². The Balaban J connectivity index is 2.79. The van der Waals surface area contributed by atoms with E-state index >= 15 is 0 Å². The number of nitro groups is 1. The molecule has 0 aromatic heterocycles. The van der Waals surface area contributed by atoms with Crippen LogP contribution in [0.4, 0.5) is 15.8 Å². The molecule has 1 atom stereocenters. The van der Waals surface area contributed by atoms with Gasteiger partial charge in [-0.15, -0.1) is 0 Å². The lowest BCUT2D eigenvalue weighted by Crippen LogP contribution is -2.12. The number of rotatable bonds is 4. The number of non-ortho nitro benzene ring substituents is 1. The summed E-state index contributed by atoms with van der Waals surface area (Å²) in [4.78, 5) is 10.0. The van der Waals surface area contributed by atoms with Gasteiger partial charge in [-0.3, -0.25) is 10.1 Å². The van der Waals surface area contributed by atoms with Gasteiger partial charge in [-0.2, -0.15) is 0 Å². The van der Waals surface area contributed by atoms with E-state index in [1.165, 1.54) is 19.1 Å². The Labute approximate surface area is 87.3 Å². The van der Waals surface area contributed by atoms with Crippen molar-refractivity contribution in [1.82, 2.24) is 0 Å². The Morgan fingerprint density at radius 3 is 2.73 bits per heavy atom. The first-order valence-corrected chi connectivity index (χ1v) is 4.63. The third-order valence-corrected chi connectivity index (χ3v) is 1.99. The van der Waals surface area contributed by atoms with Gasteiger partial charge in [-0.05, 0) is 25.5 Å². The van der Waals surface area contributed by atoms with Crippen LogP contribution in [-0.4, -0.2) is 17.6 Å². The molecule has 82 valence electrons. The summed E-state index contributed by atoms with van der Waals surface area (Å²) in [6.45, 7) is 3.41. The summed E-state index contributed by atoms with van der Waals surface area (Å²) in [6, 6.07) is 4.46. The van der Waals surface area contributed by atoms with Crippen LogP contribution in [0.15, 0.2) is 18.2 Å². The smallest absolute Gasteiger partial charge is 0.269 e. The highest BCUT2D eigenvalue weighted by atomic mass is 19.1. The van der Waals surface area contributed by atoms with E-state index in [2.05, 4.69) is 5.32 Å². The molecule has 0 fully saturated rings. The number of halogens is 1. The SMILES string of the molecule is Cc1cc([N+](=O)[O-])ccc1NCC(C)F. The second kappa shape index (κ2) is 4.72. The summed E-state index contributed by atoms with van der Waals surface area (Å²) < 4.78 is 12.6. The van der Waals surface area contributed by atoms with Gasteiger partial charge in [0, 0.05) is 24.4 Å². The minimum Gasteiger partial charge on any atom is -0.382 e. The summed E-state index contributed by atoms with van der Waals surface area (Å²) in [6.07, 6.45) is -0.945. The van der Waals surface area contributed by atoms with Crippen molar-refractivity contribution in [3.8, 4) is 0 Å². The molecular formula is C10H13FN2O2. The van der Waals surface area contributed by atoms with E-state index in [0.29, 0.717) is 0 Å². The predicted octanol–water partition coefficient (Wildman–Crippen LogP) is 2.67. The van der Waals surface area contributed by atoms with Crippen molar-refractivity contribution in [3.05, 3.63) is 33.9 Å². The molecular weight excluding hydrogens is 199 g/mol. The maximum atomic E-state index is 12.6. The molecule has 0 saturated carbocycles. The molecule has 0 aliphatic heterocycles. The zero-order chi connectivity index (χ0) is 11.4. The second-order valence-electron chi connectivity index (χ2n) is 3.42. The van der Waals surface area contributed by atoms with Crippen molar-refractivity contribution in [3.63, 3.8) is 0 Å². The molecule has 1 N–H and O–H groups in total. The number of anilines is 1. The Morgan fingerprint density at radius 2 is 2.27 bits per heavy atom. The van der Waals surface area contributed by atoms with Gasteiger partial charge >= 0.3 is 0 Å². The second-order valence-corrected chi connectivity index (χ2v) is 3.42. The third-order valence-electron chi connectivity index (χ3n) is 1.99. The number of hydrogen-bond acceptors (Lipinski definition) is 3. The van der Waals surface area contributed by atoms with Crippen LogP contribution in [0.3, 0.4) is 0 Å². The van der Waals surface area contributed by atoms with Gasteiger partial charge in [0.2, 0.25) is 0 Å². The Morgan fingerprint density at radius 1 is 1.60 bits per heavy atom. The van der Waals surface area contributed by atoms with E-state index in [9.17, 15) is 14.5 Å². The van der Waals surface area contributed by atoms with Gasteiger partial charge in [0.15, 0.2) is 0 Å². The van der Waals surface area contributed by atoms with Gasteiger partial charge in [0.1, 0.15) is 6.17 Å². The fourth-order valence-corrected chi connectivity index (χ4v) is 1.21. The number of nitrogens with zero attached hydrogens (tertiary/aromatic N) is 1. The third kappa shape index (κ3) is 3.19. The molecule has 0 spiro atoms. The fourth-order valence-electron chi connectivity index (χ4n) is 1.21. The van der Waals surface area contributed by atoms with Crippen LogP contribution < -0.4 is 5.32 Å². The lowest BCUT2D eigenvalue weighted by molar-refractivity contribution is -0.384. The maximum absolute atomic E-state index is 12.6. The van der Waals surface area contributed by atoms with Crippen molar-refractivity contribution in [2.24, 2.45) is 0 Å². The van der Waals surface area contributed by atoms with Gasteiger partial charge in [0.25, 0.3) is 5.69 Å². The Bertz CT molecular complexity index is 366. The molecule has 4 nitrogen and oxygen atoms in total. The van der Waals surface area contributed by atoms with Crippen LogP contribution in [-0.2, 0) is 0 Å². The van der Waals surface area contributed by atoms with Gasteiger partial charge in [-0.25, -0.2) is 4.39 Å². The van der Waals surface area contributed by atoms with Crippen molar-refractivity contribution in [2.45, 2.75) is 20.0 Å². The summed E-state index contributed by atoms with van der Waals surface area (Å²) in [5.74, 6) is 0. The first-order valence-electron chi connectivity index (χ1n) is 4.63. The molecule has 0 heterocycles. The Kier molecular flexibility index (Phi) is 3.60. The molecule has 15 heavy (non-hydrogen) atoms. The molecule has 5 heteroatoms.